The maximum atomic E-state index is 4.28. The largest absolute Gasteiger partial charge is 0.356 e. The van der Waals surface area contributed by atoms with Crippen molar-refractivity contribution in [1.29, 1.82) is 0 Å². The Labute approximate surface area is 160 Å². The Morgan fingerprint density at radius 3 is 2.26 bits per heavy atom. The number of aliphatic imine (C=N–C) groups is 1. The third kappa shape index (κ3) is 7.26. The fourth-order valence-electron chi connectivity index (χ4n) is 2.08. The molecule has 0 heterocycles. The van der Waals surface area contributed by atoms with E-state index < -0.39 is 0 Å². The van der Waals surface area contributed by atoms with Gasteiger partial charge in [-0.1, -0.05) is 48.5 Å². The van der Waals surface area contributed by atoms with E-state index in [9.17, 15) is 0 Å². The molecule has 0 fully saturated rings. The molecule has 1 atom stereocenters. The van der Waals surface area contributed by atoms with Gasteiger partial charge >= 0.3 is 0 Å². The maximum Gasteiger partial charge on any atom is 0.191 e. The lowest BCUT2D eigenvalue weighted by Gasteiger charge is -2.18. The summed E-state index contributed by atoms with van der Waals surface area (Å²) in [5.74, 6) is 1.84. The van der Waals surface area contributed by atoms with Gasteiger partial charge in [-0.15, -0.1) is 35.7 Å². The number of halogens is 1. The van der Waals surface area contributed by atoms with E-state index in [4.69, 9.17) is 0 Å². The highest BCUT2D eigenvalue weighted by Crippen LogP contribution is 2.15. The molecule has 3 nitrogen and oxygen atoms in total. The fourth-order valence-corrected chi connectivity index (χ4v) is 2.87. The molecule has 0 aromatic heterocycles. The number of guanidine groups is 1. The molecule has 2 aromatic carbocycles. The average Bonchev–Trinajstić information content (AvgIpc) is 2.59. The Morgan fingerprint density at radius 2 is 1.65 bits per heavy atom. The SMILES string of the molecule is CN=C(NCCSc1ccccc1)NC(C)c1ccccc1.I. The topological polar surface area (TPSA) is 36.4 Å². The lowest BCUT2D eigenvalue weighted by atomic mass is 10.1. The summed E-state index contributed by atoms with van der Waals surface area (Å²) in [5, 5.41) is 6.77. The second-order valence-corrected chi connectivity index (χ2v) is 6.11. The highest BCUT2D eigenvalue weighted by Gasteiger charge is 2.06. The molecule has 1 unspecified atom stereocenters. The van der Waals surface area contributed by atoms with Crippen LogP contribution in [-0.2, 0) is 0 Å². The summed E-state index contributed by atoms with van der Waals surface area (Å²) in [5.41, 5.74) is 1.25. The van der Waals surface area contributed by atoms with Gasteiger partial charge in [-0.05, 0) is 24.6 Å². The molecule has 124 valence electrons. The Kier molecular flexibility index (Phi) is 9.78. The Morgan fingerprint density at radius 1 is 1.04 bits per heavy atom. The summed E-state index contributed by atoms with van der Waals surface area (Å²) in [4.78, 5) is 5.58. The Balaban J connectivity index is 0.00000264. The van der Waals surface area contributed by atoms with Crippen LogP contribution in [-0.4, -0.2) is 25.3 Å². The van der Waals surface area contributed by atoms with Crippen LogP contribution in [0, 0.1) is 0 Å². The van der Waals surface area contributed by atoms with Crippen LogP contribution in [0.1, 0.15) is 18.5 Å². The van der Waals surface area contributed by atoms with Gasteiger partial charge in [0.2, 0.25) is 0 Å². The van der Waals surface area contributed by atoms with Crippen molar-refractivity contribution < 1.29 is 0 Å². The number of nitrogens with one attached hydrogen (secondary N) is 2. The van der Waals surface area contributed by atoms with Crippen molar-refractivity contribution in [3.8, 4) is 0 Å². The zero-order valence-electron chi connectivity index (χ0n) is 13.5. The highest BCUT2D eigenvalue weighted by atomic mass is 127. The molecule has 0 aliphatic heterocycles. The molecule has 23 heavy (non-hydrogen) atoms. The molecule has 0 aliphatic rings. The molecular formula is C18H24IN3S. The van der Waals surface area contributed by atoms with Crippen LogP contribution in [0.4, 0.5) is 0 Å². The molecule has 0 spiro atoms. The maximum absolute atomic E-state index is 4.28. The minimum absolute atomic E-state index is 0. The van der Waals surface area contributed by atoms with Crippen LogP contribution in [0.25, 0.3) is 0 Å². The van der Waals surface area contributed by atoms with Gasteiger partial charge in [-0.25, -0.2) is 0 Å². The van der Waals surface area contributed by atoms with E-state index in [0.29, 0.717) is 0 Å². The smallest absolute Gasteiger partial charge is 0.191 e. The molecule has 5 heteroatoms. The average molecular weight is 441 g/mol. The summed E-state index contributed by atoms with van der Waals surface area (Å²) in [6.07, 6.45) is 0. The second kappa shape index (κ2) is 11.3. The van der Waals surface area contributed by atoms with E-state index in [1.807, 2.05) is 23.9 Å². The zero-order valence-corrected chi connectivity index (χ0v) is 16.7. The van der Waals surface area contributed by atoms with Crippen LogP contribution < -0.4 is 10.6 Å². The third-order valence-corrected chi connectivity index (χ3v) is 4.30. The van der Waals surface area contributed by atoms with Crippen LogP contribution in [0.2, 0.25) is 0 Å². The number of thioether (sulfide) groups is 1. The van der Waals surface area contributed by atoms with E-state index in [2.05, 4.69) is 71.1 Å². The Bertz CT molecular complexity index is 575. The number of benzene rings is 2. The van der Waals surface area contributed by atoms with E-state index >= 15 is 0 Å². The Hall–Kier alpha value is -1.21. The van der Waals surface area contributed by atoms with Crippen molar-refractivity contribution >= 4 is 41.7 Å². The lowest BCUT2D eigenvalue weighted by Crippen LogP contribution is -2.39. The first kappa shape index (κ1) is 19.8. The molecule has 0 radical (unpaired) electrons. The molecule has 2 rings (SSSR count). The van der Waals surface area contributed by atoms with Gasteiger partial charge in [0, 0.05) is 24.2 Å². The second-order valence-electron chi connectivity index (χ2n) is 4.94. The van der Waals surface area contributed by atoms with Gasteiger partial charge < -0.3 is 10.6 Å². The van der Waals surface area contributed by atoms with Gasteiger partial charge in [0.25, 0.3) is 0 Å². The highest BCUT2D eigenvalue weighted by molar-refractivity contribution is 14.0. The number of hydrogen-bond acceptors (Lipinski definition) is 2. The fraction of sp³-hybridized carbons (Fsp3) is 0.278. The summed E-state index contributed by atoms with van der Waals surface area (Å²) in [6.45, 7) is 3.02. The molecule has 0 aliphatic carbocycles. The van der Waals surface area contributed by atoms with Crippen molar-refractivity contribution in [2.75, 3.05) is 19.3 Å². The van der Waals surface area contributed by atoms with Gasteiger partial charge in [0.15, 0.2) is 5.96 Å². The predicted octanol–water partition coefficient (Wildman–Crippen LogP) is 4.32. The van der Waals surface area contributed by atoms with Crippen molar-refractivity contribution in [3.05, 3.63) is 66.2 Å². The molecular weight excluding hydrogens is 417 g/mol. The van der Waals surface area contributed by atoms with E-state index in [-0.39, 0.29) is 30.0 Å². The first-order valence-electron chi connectivity index (χ1n) is 7.49. The number of nitrogens with zero attached hydrogens (tertiary/aromatic N) is 1. The monoisotopic (exact) mass is 441 g/mol. The molecule has 0 saturated carbocycles. The number of rotatable bonds is 6. The minimum atomic E-state index is 0. The molecule has 0 bridgehead atoms. The van der Waals surface area contributed by atoms with E-state index in [0.717, 1.165) is 18.3 Å². The molecule has 2 aromatic rings. The summed E-state index contributed by atoms with van der Waals surface area (Å²) >= 11 is 1.84. The predicted molar refractivity (Wildman–Crippen MR) is 112 cm³/mol. The van der Waals surface area contributed by atoms with Gasteiger partial charge in [-0.3, -0.25) is 4.99 Å². The van der Waals surface area contributed by atoms with E-state index in [1.165, 1.54) is 10.5 Å². The quantitative estimate of drug-likeness (QED) is 0.231. The minimum Gasteiger partial charge on any atom is -0.356 e. The van der Waals surface area contributed by atoms with Gasteiger partial charge in [0.05, 0.1) is 6.04 Å². The van der Waals surface area contributed by atoms with Crippen LogP contribution in [0.3, 0.4) is 0 Å². The third-order valence-electron chi connectivity index (χ3n) is 3.28. The summed E-state index contributed by atoms with van der Waals surface area (Å²) < 4.78 is 0. The molecule has 0 amide bonds. The summed E-state index contributed by atoms with van der Waals surface area (Å²) in [7, 11) is 1.80. The lowest BCUT2D eigenvalue weighted by molar-refractivity contribution is 0.691. The van der Waals surface area contributed by atoms with Crippen molar-refractivity contribution in [3.63, 3.8) is 0 Å². The van der Waals surface area contributed by atoms with Crippen molar-refractivity contribution in [2.24, 2.45) is 4.99 Å². The number of hydrogen-bond donors (Lipinski definition) is 2. The van der Waals surface area contributed by atoms with Crippen LogP contribution >= 0.6 is 35.7 Å². The van der Waals surface area contributed by atoms with Gasteiger partial charge in [-0.2, -0.15) is 0 Å². The van der Waals surface area contributed by atoms with Crippen molar-refractivity contribution in [2.45, 2.75) is 17.9 Å². The van der Waals surface area contributed by atoms with Crippen LogP contribution in [0.5, 0.6) is 0 Å². The first-order chi connectivity index (χ1) is 10.8. The summed E-state index contributed by atoms with van der Waals surface area (Å²) in [6, 6.07) is 21.1. The van der Waals surface area contributed by atoms with Crippen molar-refractivity contribution in [1.82, 2.24) is 10.6 Å². The van der Waals surface area contributed by atoms with E-state index in [1.54, 1.807) is 7.05 Å². The normalized spacial score (nSPS) is 12.2. The van der Waals surface area contributed by atoms with Gasteiger partial charge in [0.1, 0.15) is 0 Å². The van der Waals surface area contributed by atoms with Crippen LogP contribution in [0.15, 0.2) is 70.6 Å². The first-order valence-corrected chi connectivity index (χ1v) is 8.48. The molecule has 0 saturated heterocycles. The zero-order chi connectivity index (χ0) is 15.6. The molecule has 2 N–H and O–H groups in total. The standard InChI is InChI=1S/C18H23N3S.HI/c1-15(16-9-5-3-6-10-16)21-18(19-2)20-13-14-22-17-11-7-4-8-12-17;/h3-12,15H,13-14H2,1-2H3,(H2,19,20,21);1H.